The van der Waals surface area contributed by atoms with E-state index in [1.54, 1.807) is 13.0 Å². The molecule has 0 unspecified atom stereocenters. The first-order valence-corrected chi connectivity index (χ1v) is 4.44. The van der Waals surface area contributed by atoms with Crippen LogP contribution in [0.15, 0.2) is 18.2 Å². The standard InChI is InChI=1S/C11H17FN.FH/c1-9-5-6-10(7-11(9)12)8-13(2,3)4;/h5-7H,8H2,1-4H3;1H/q+1;/p-1. The monoisotopic (exact) mass is 201 g/mol. The number of hydrogen-bond donors (Lipinski definition) is 0. The Labute approximate surface area is 84.1 Å². The second-order valence-corrected chi connectivity index (χ2v) is 4.53. The maximum Gasteiger partial charge on any atom is 0.126 e. The fourth-order valence-corrected chi connectivity index (χ4v) is 1.28. The summed E-state index contributed by atoms with van der Waals surface area (Å²) in [6, 6.07) is 5.45. The van der Waals surface area contributed by atoms with Crippen LogP contribution < -0.4 is 4.70 Å². The summed E-state index contributed by atoms with van der Waals surface area (Å²) in [4.78, 5) is 0. The Balaban J connectivity index is 0.00000169. The smallest absolute Gasteiger partial charge is 0.126 e. The van der Waals surface area contributed by atoms with E-state index in [4.69, 9.17) is 0 Å². The van der Waals surface area contributed by atoms with Gasteiger partial charge in [-0.15, -0.1) is 0 Å². The summed E-state index contributed by atoms with van der Waals surface area (Å²) in [7, 11) is 6.29. The van der Waals surface area contributed by atoms with Gasteiger partial charge in [0.05, 0.1) is 21.1 Å². The summed E-state index contributed by atoms with van der Waals surface area (Å²) in [5, 5.41) is 0. The van der Waals surface area contributed by atoms with Crippen molar-refractivity contribution in [1.29, 1.82) is 0 Å². The molecule has 0 N–H and O–H groups in total. The molecule has 0 aromatic heterocycles. The largest absolute Gasteiger partial charge is 1.00 e. The molecule has 1 rings (SSSR count). The van der Waals surface area contributed by atoms with Crippen LogP contribution in [0.5, 0.6) is 0 Å². The van der Waals surface area contributed by atoms with E-state index >= 15 is 0 Å². The van der Waals surface area contributed by atoms with Crippen LogP contribution in [0.4, 0.5) is 4.39 Å². The molecule has 0 spiro atoms. The van der Waals surface area contributed by atoms with Crippen molar-refractivity contribution in [3.8, 4) is 0 Å². The lowest BCUT2D eigenvalue weighted by atomic mass is 10.1. The minimum Gasteiger partial charge on any atom is -1.00 e. The van der Waals surface area contributed by atoms with Gasteiger partial charge in [0, 0.05) is 5.56 Å². The molecule has 0 aliphatic carbocycles. The maximum absolute atomic E-state index is 13.1. The number of aryl methyl sites for hydroxylation is 1. The highest BCUT2D eigenvalue weighted by molar-refractivity contribution is 5.22. The van der Waals surface area contributed by atoms with E-state index < -0.39 is 0 Å². The zero-order valence-electron chi connectivity index (χ0n) is 9.14. The first-order valence-electron chi connectivity index (χ1n) is 4.44. The number of hydrogen-bond acceptors (Lipinski definition) is 0. The third-order valence-electron chi connectivity index (χ3n) is 1.89. The maximum atomic E-state index is 13.1. The molecule has 0 amide bonds. The molecular weight excluding hydrogens is 184 g/mol. The molecule has 0 saturated carbocycles. The second-order valence-electron chi connectivity index (χ2n) is 4.53. The van der Waals surface area contributed by atoms with Gasteiger partial charge in [0.15, 0.2) is 0 Å². The van der Waals surface area contributed by atoms with Gasteiger partial charge in [-0.3, -0.25) is 0 Å². The van der Waals surface area contributed by atoms with E-state index in [-0.39, 0.29) is 10.5 Å². The average Bonchev–Trinajstić information content (AvgIpc) is 1.94. The Morgan fingerprint density at radius 1 is 1.21 bits per heavy atom. The summed E-state index contributed by atoms with van der Waals surface area (Å²) in [5.74, 6) is -0.106. The Kier molecular flexibility index (Phi) is 4.20. The van der Waals surface area contributed by atoms with Gasteiger partial charge < -0.3 is 9.19 Å². The summed E-state index contributed by atoms with van der Waals surface area (Å²) in [6.45, 7) is 2.64. The van der Waals surface area contributed by atoms with Gasteiger partial charge in [-0.25, -0.2) is 4.39 Å². The first-order chi connectivity index (χ1) is 5.88. The second kappa shape index (κ2) is 4.51. The Hall–Kier alpha value is -0.960. The van der Waals surface area contributed by atoms with Crippen LogP contribution in [0.2, 0.25) is 0 Å². The molecule has 0 aliphatic rings. The highest BCUT2D eigenvalue weighted by atomic mass is 19.1. The van der Waals surface area contributed by atoms with Crippen molar-refractivity contribution in [2.75, 3.05) is 21.1 Å². The van der Waals surface area contributed by atoms with Gasteiger partial charge in [-0.05, 0) is 18.6 Å². The van der Waals surface area contributed by atoms with Crippen LogP contribution >= 0.6 is 0 Å². The van der Waals surface area contributed by atoms with E-state index in [2.05, 4.69) is 21.1 Å². The zero-order chi connectivity index (χ0) is 10.1. The molecule has 1 aromatic rings. The third kappa shape index (κ3) is 3.83. The predicted molar refractivity (Wildman–Crippen MR) is 52.9 cm³/mol. The summed E-state index contributed by atoms with van der Waals surface area (Å²) in [6.07, 6.45) is 0. The summed E-state index contributed by atoms with van der Waals surface area (Å²) >= 11 is 0. The summed E-state index contributed by atoms with van der Waals surface area (Å²) in [5.41, 5.74) is 1.76. The molecule has 0 fully saturated rings. The average molecular weight is 201 g/mol. The van der Waals surface area contributed by atoms with Crippen molar-refractivity contribution in [2.24, 2.45) is 0 Å². The van der Waals surface area contributed by atoms with E-state index in [9.17, 15) is 4.39 Å². The topological polar surface area (TPSA) is 0 Å². The van der Waals surface area contributed by atoms with Gasteiger partial charge >= 0.3 is 0 Å². The number of nitrogens with zero attached hydrogens (tertiary/aromatic N) is 1. The lowest BCUT2D eigenvalue weighted by Gasteiger charge is -2.23. The Morgan fingerprint density at radius 2 is 1.79 bits per heavy atom. The van der Waals surface area contributed by atoms with E-state index in [1.165, 1.54) is 0 Å². The van der Waals surface area contributed by atoms with Crippen LogP contribution in [-0.4, -0.2) is 25.6 Å². The first kappa shape index (κ1) is 13.0. The molecule has 0 saturated heterocycles. The van der Waals surface area contributed by atoms with Crippen LogP contribution in [0.1, 0.15) is 11.1 Å². The lowest BCUT2D eigenvalue weighted by Crippen LogP contribution is -3.00. The molecule has 1 aromatic carbocycles. The van der Waals surface area contributed by atoms with Crippen LogP contribution in [0.3, 0.4) is 0 Å². The van der Waals surface area contributed by atoms with Crippen LogP contribution in [0.25, 0.3) is 0 Å². The van der Waals surface area contributed by atoms with Crippen molar-refractivity contribution in [3.05, 3.63) is 35.1 Å². The van der Waals surface area contributed by atoms with Crippen LogP contribution in [-0.2, 0) is 6.54 Å². The van der Waals surface area contributed by atoms with Gasteiger partial charge in [0.25, 0.3) is 0 Å². The minimum absolute atomic E-state index is 0. The molecule has 1 nitrogen and oxygen atoms in total. The van der Waals surface area contributed by atoms with Crippen molar-refractivity contribution < 1.29 is 13.6 Å². The summed E-state index contributed by atoms with van der Waals surface area (Å²) < 4.78 is 14.0. The van der Waals surface area contributed by atoms with Crippen molar-refractivity contribution in [3.63, 3.8) is 0 Å². The van der Waals surface area contributed by atoms with Gasteiger partial charge in [0.2, 0.25) is 0 Å². The minimum atomic E-state index is -0.106. The van der Waals surface area contributed by atoms with E-state index in [0.717, 1.165) is 16.6 Å². The van der Waals surface area contributed by atoms with Gasteiger partial charge in [0.1, 0.15) is 12.4 Å². The molecule has 0 radical (unpaired) electrons. The fraction of sp³-hybridized carbons (Fsp3) is 0.455. The molecule has 3 heteroatoms. The van der Waals surface area contributed by atoms with E-state index in [0.29, 0.717) is 5.56 Å². The molecule has 0 atom stereocenters. The number of quaternary nitrogens is 1. The van der Waals surface area contributed by atoms with Crippen molar-refractivity contribution in [2.45, 2.75) is 13.5 Å². The lowest BCUT2D eigenvalue weighted by molar-refractivity contribution is -0.884. The molecule has 14 heavy (non-hydrogen) atoms. The van der Waals surface area contributed by atoms with Gasteiger partial charge in [-0.1, -0.05) is 12.1 Å². The molecule has 0 aliphatic heterocycles. The molecule has 0 heterocycles. The highest BCUT2D eigenvalue weighted by Gasteiger charge is 2.09. The van der Waals surface area contributed by atoms with Crippen LogP contribution in [0, 0.1) is 12.7 Å². The number of rotatable bonds is 2. The SMILES string of the molecule is Cc1ccc(C[N+](C)(C)C)cc1F.[F-]. The quantitative estimate of drug-likeness (QED) is 0.558. The highest BCUT2D eigenvalue weighted by Crippen LogP contribution is 2.12. The van der Waals surface area contributed by atoms with Crippen molar-refractivity contribution in [1.82, 2.24) is 0 Å². The third-order valence-corrected chi connectivity index (χ3v) is 1.89. The normalized spacial score (nSPS) is 10.9. The molecular formula is C11H17F2N. The number of benzene rings is 1. The van der Waals surface area contributed by atoms with Gasteiger partial charge in [-0.2, -0.15) is 0 Å². The number of halogens is 2. The Bertz CT molecular complexity index is 303. The predicted octanol–water partition coefficient (Wildman–Crippen LogP) is -0.656. The molecule has 80 valence electrons. The molecule has 0 bridgehead atoms. The zero-order valence-corrected chi connectivity index (χ0v) is 9.14. The van der Waals surface area contributed by atoms with Crippen molar-refractivity contribution >= 4 is 0 Å². The van der Waals surface area contributed by atoms with E-state index in [1.807, 2.05) is 12.1 Å². The fourth-order valence-electron chi connectivity index (χ4n) is 1.28. The Morgan fingerprint density at radius 3 is 2.21 bits per heavy atom.